The highest BCUT2D eigenvalue weighted by atomic mass is 19.4. The average molecular weight is 537 g/mol. The molecular weight excluding hydrogens is 508 g/mol. The SMILES string of the molecule is CC1=C(C(=O)Cc2ccc3cnccc3c2)C(c2ccc(C(F)(F)F)c(F)c2)n2nc(CCN(C)C)cc2C1. The molecule has 3 heterocycles. The molecule has 5 nitrogen and oxygen atoms in total. The molecular formula is C30H28F4N4O. The minimum Gasteiger partial charge on any atom is -0.309 e. The second-order valence-corrected chi connectivity index (χ2v) is 10.3. The summed E-state index contributed by atoms with van der Waals surface area (Å²) < 4.78 is 56.4. The van der Waals surface area contributed by atoms with Gasteiger partial charge in [-0.1, -0.05) is 29.8 Å². The van der Waals surface area contributed by atoms with E-state index in [0.29, 0.717) is 18.4 Å². The molecule has 1 aliphatic heterocycles. The number of likely N-dealkylation sites (N-methyl/N-ethyl adjacent to an activating group) is 1. The number of Topliss-reactive ketones (excluding diaryl/α,β-unsaturated/α-hetero) is 1. The summed E-state index contributed by atoms with van der Waals surface area (Å²) in [6.45, 7) is 2.61. The number of aromatic nitrogens is 3. The molecule has 5 rings (SSSR count). The van der Waals surface area contributed by atoms with Crippen molar-refractivity contribution in [1.82, 2.24) is 19.7 Å². The Morgan fingerprint density at radius 1 is 1.08 bits per heavy atom. The Hall–Kier alpha value is -3.85. The smallest absolute Gasteiger partial charge is 0.309 e. The number of hydrogen-bond donors (Lipinski definition) is 0. The Kier molecular flexibility index (Phi) is 7.11. The van der Waals surface area contributed by atoms with Gasteiger partial charge in [0, 0.05) is 54.9 Å². The number of rotatable bonds is 7. The van der Waals surface area contributed by atoms with Gasteiger partial charge in [-0.15, -0.1) is 0 Å². The summed E-state index contributed by atoms with van der Waals surface area (Å²) in [4.78, 5) is 20.0. The van der Waals surface area contributed by atoms with Crippen molar-refractivity contribution in [1.29, 1.82) is 0 Å². The van der Waals surface area contributed by atoms with E-state index in [-0.39, 0.29) is 17.8 Å². The predicted molar refractivity (Wildman–Crippen MR) is 141 cm³/mol. The maximum atomic E-state index is 14.8. The van der Waals surface area contributed by atoms with Crippen molar-refractivity contribution in [2.45, 2.75) is 38.4 Å². The topological polar surface area (TPSA) is 51.0 Å². The van der Waals surface area contributed by atoms with Gasteiger partial charge in [-0.3, -0.25) is 14.5 Å². The molecule has 1 aliphatic rings. The fourth-order valence-corrected chi connectivity index (χ4v) is 5.18. The number of hydrogen-bond acceptors (Lipinski definition) is 4. The number of allylic oxidation sites excluding steroid dienone is 2. The van der Waals surface area contributed by atoms with Crippen LogP contribution in [-0.4, -0.2) is 46.1 Å². The fourth-order valence-electron chi connectivity index (χ4n) is 5.18. The van der Waals surface area contributed by atoms with Gasteiger partial charge in [-0.2, -0.15) is 18.3 Å². The molecule has 0 N–H and O–H groups in total. The van der Waals surface area contributed by atoms with Gasteiger partial charge in [-0.25, -0.2) is 4.39 Å². The lowest BCUT2D eigenvalue weighted by molar-refractivity contribution is -0.140. The first-order valence-corrected chi connectivity index (χ1v) is 12.7. The van der Waals surface area contributed by atoms with E-state index >= 15 is 0 Å². The van der Waals surface area contributed by atoms with E-state index in [4.69, 9.17) is 5.10 Å². The minimum absolute atomic E-state index is 0.0919. The zero-order chi connectivity index (χ0) is 27.9. The number of pyridine rings is 1. The molecule has 39 heavy (non-hydrogen) atoms. The second kappa shape index (κ2) is 10.4. The van der Waals surface area contributed by atoms with Crippen molar-refractivity contribution in [2.24, 2.45) is 0 Å². The first-order chi connectivity index (χ1) is 18.5. The number of carbonyl (C=O) groups excluding carboxylic acids is 1. The van der Waals surface area contributed by atoms with Gasteiger partial charge in [0.25, 0.3) is 0 Å². The van der Waals surface area contributed by atoms with Crippen LogP contribution in [0.4, 0.5) is 17.6 Å². The molecule has 0 saturated carbocycles. The summed E-state index contributed by atoms with van der Waals surface area (Å²) in [6, 6.07) is 11.6. The van der Waals surface area contributed by atoms with E-state index in [2.05, 4.69) is 4.98 Å². The molecule has 0 amide bonds. The Bertz CT molecular complexity index is 1590. The molecule has 0 bridgehead atoms. The summed E-state index contributed by atoms with van der Waals surface area (Å²) in [5.74, 6) is -1.55. The van der Waals surface area contributed by atoms with Gasteiger partial charge in [0.05, 0.1) is 11.3 Å². The Morgan fingerprint density at radius 3 is 2.59 bits per heavy atom. The summed E-state index contributed by atoms with van der Waals surface area (Å²) in [5, 5.41) is 6.65. The normalized spacial score (nSPS) is 15.7. The lowest BCUT2D eigenvalue weighted by Crippen LogP contribution is -2.28. The van der Waals surface area contributed by atoms with Crippen LogP contribution in [0, 0.1) is 5.82 Å². The Morgan fingerprint density at radius 2 is 1.87 bits per heavy atom. The van der Waals surface area contributed by atoms with E-state index in [9.17, 15) is 22.4 Å². The van der Waals surface area contributed by atoms with E-state index in [1.165, 1.54) is 6.07 Å². The van der Waals surface area contributed by atoms with Crippen molar-refractivity contribution in [3.63, 3.8) is 0 Å². The molecule has 202 valence electrons. The number of halogens is 4. The van der Waals surface area contributed by atoms with Crippen LogP contribution in [0.25, 0.3) is 10.8 Å². The quantitative estimate of drug-likeness (QED) is 0.273. The summed E-state index contributed by atoms with van der Waals surface area (Å²) in [7, 11) is 3.91. The number of fused-ring (bicyclic) bond motifs is 2. The third kappa shape index (κ3) is 5.49. The van der Waals surface area contributed by atoms with E-state index in [1.807, 2.05) is 56.3 Å². The molecule has 2 aromatic carbocycles. The highest BCUT2D eigenvalue weighted by Gasteiger charge is 2.37. The van der Waals surface area contributed by atoms with Crippen LogP contribution < -0.4 is 0 Å². The van der Waals surface area contributed by atoms with Crippen LogP contribution in [0.1, 0.15) is 41.0 Å². The van der Waals surface area contributed by atoms with Crippen LogP contribution >= 0.6 is 0 Å². The maximum absolute atomic E-state index is 14.8. The average Bonchev–Trinajstić information content (AvgIpc) is 3.28. The highest BCUT2D eigenvalue weighted by Crippen LogP contribution is 2.39. The Balaban J connectivity index is 1.56. The number of alkyl halides is 3. The molecule has 1 atom stereocenters. The number of benzene rings is 2. The number of nitrogens with zero attached hydrogens (tertiary/aromatic N) is 4. The third-order valence-corrected chi connectivity index (χ3v) is 7.09. The monoisotopic (exact) mass is 536 g/mol. The van der Waals surface area contributed by atoms with Gasteiger partial charge < -0.3 is 4.90 Å². The third-order valence-electron chi connectivity index (χ3n) is 7.09. The molecule has 4 aromatic rings. The van der Waals surface area contributed by atoms with Crippen LogP contribution in [-0.2, 0) is 30.2 Å². The fraction of sp³-hybridized carbons (Fsp3) is 0.300. The molecule has 2 aromatic heterocycles. The van der Waals surface area contributed by atoms with Crippen LogP contribution in [0.15, 0.2) is 72.1 Å². The van der Waals surface area contributed by atoms with Crippen molar-refractivity contribution in [3.8, 4) is 0 Å². The van der Waals surface area contributed by atoms with E-state index in [1.54, 1.807) is 17.1 Å². The molecule has 0 aliphatic carbocycles. The van der Waals surface area contributed by atoms with E-state index < -0.39 is 23.6 Å². The molecule has 0 fully saturated rings. The molecule has 1 unspecified atom stereocenters. The lowest BCUT2D eigenvalue weighted by atomic mass is 9.85. The second-order valence-electron chi connectivity index (χ2n) is 10.3. The summed E-state index contributed by atoms with van der Waals surface area (Å²) >= 11 is 0. The lowest BCUT2D eigenvalue weighted by Gasteiger charge is -2.29. The summed E-state index contributed by atoms with van der Waals surface area (Å²) in [6.07, 6.45) is -0.161. The van der Waals surface area contributed by atoms with Gasteiger partial charge in [0.1, 0.15) is 11.9 Å². The van der Waals surface area contributed by atoms with Crippen molar-refractivity contribution >= 4 is 16.6 Å². The van der Waals surface area contributed by atoms with Crippen molar-refractivity contribution in [2.75, 3.05) is 20.6 Å². The zero-order valence-electron chi connectivity index (χ0n) is 21.9. The van der Waals surface area contributed by atoms with E-state index in [0.717, 1.165) is 52.0 Å². The molecule has 9 heteroatoms. The van der Waals surface area contributed by atoms with Crippen molar-refractivity contribution in [3.05, 3.63) is 106 Å². The van der Waals surface area contributed by atoms with Gasteiger partial charge in [-0.05, 0) is 61.8 Å². The summed E-state index contributed by atoms with van der Waals surface area (Å²) in [5.41, 5.74) is 2.57. The van der Waals surface area contributed by atoms with Crippen LogP contribution in [0.5, 0.6) is 0 Å². The zero-order valence-corrected chi connectivity index (χ0v) is 21.9. The van der Waals surface area contributed by atoms with Crippen LogP contribution in [0.2, 0.25) is 0 Å². The van der Waals surface area contributed by atoms with Crippen LogP contribution in [0.3, 0.4) is 0 Å². The minimum atomic E-state index is -4.82. The number of carbonyl (C=O) groups is 1. The first-order valence-electron chi connectivity index (χ1n) is 12.7. The highest BCUT2D eigenvalue weighted by molar-refractivity contribution is 5.99. The predicted octanol–water partition coefficient (Wildman–Crippen LogP) is 5.97. The van der Waals surface area contributed by atoms with Gasteiger partial charge in [0.15, 0.2) is 5.78 Å². The number of ketones is 1. The molecule has 0 saturated heterocycles. The standard InChI is InChI=1S/C30H28F4N4O/c1-18-12-24-16-23(9-11-37(2)3)36-38(24)29(21-6-7-25(26(31)15-21)30(32,33)34)28(18)27(39)14-19-4-5-22-17-35-10-8-20(22)13-19/h4-8,10,13,15-17,29H,9,11-12,14H2,1-3H3. The molecule has 0 radical (unpaired) electrons. The molecule has 0 spiro atoms. The Labute approximate surface area is 223 Å². The maximum Gasteiger partial charge on any atom is 0.419 e. The van der Waals surface area contributed by atoms with Gasteiger partial charge >= 0.3 is 6.18 Å². The van der Waals surface area contributed by atoms with Crippen molar-refractivity contribution < 1.29 is 22.4 Å². The van der Waals surface area contributed by atoms with Gasteiger partial charge in [0.2, 0.25) is 0 Å². The largest absolute Gasteiger partial charge is 0.419 e. The first kappa shape index (κ1) is 26.7.